The largest absolute Gasteiger partial charge is 0.478 e. The molecule has 0 saturated heterocycles. The lowest BCUT2D eigenvalue weighted by molar-refractivity contribution is 0.396. The Morgan fingerprint density at radius 3 is 2.42 bits per heavy atom. The SMILES string of the molecule is COc1n[nH]c(=O)c2c1nc(C(C)C)n2Cc1ccccc1-c1ccccc1-c1nn[nH]n1. The highest BCUT2D eigenvalue weighted by molar-refractivity contribution is 5.83. The zero-order valence-corrected chi connectivity index (χ0v) is 18.4. The first kappa shape index (κ1) is 20.6. The number of imidazole rings is 1. The van der Waals surface area contributed by atoms with Gasteiger partial charge in [-0.15, -0.1) is 15.3 Å². The Balaban J connectivity index is 1.70. The normalized spacial score (nSPS) is 11.4. The monoisotopic (exact) mass is 442 g/mol. The molecule has 0 bridgehead atoms. The van der Waals surface area contributed by atoms with E-state index in [0.29, 0.717) is 29.3 Å². The maximum atomic E-state index is 12.8. The van der Waals surface area contributed by atoms with E-state index in [0.717, 1.165) is 28.1 Å². The van der Waals surface area contributed by atoms with Crippen LogP contribution in [0, 0.1) is 0 Å². The average Bonchev–Trinajstić information content (AvgIpc) is 3.49. The molecule has 0 fully saturated rings. The number of ether oxygens (including phenoxy) is 1. The second kappa shape index (κ2) is 8.30. The fourth-order valence-corrected chi connectivity index (χ4v) is 4.08. The van der Waals surface area contributed by atoms with E-state index in [1.165, 1.54) is 7.11 Å². The molecule has 3 aromatic heterocycles. The van der Waals surface area contributed by atoms with Gasteiger partial charge in [-0.05, 0) is 21.9 Å². The number of tetrazole rings is 1. The van der Waals surface area contributed by atoms with Crippen LogP contribution in [0.1, 0.15) is 31.2 Å². The molecule has 10 nitrogen and oxygen atoms in total. The molecule has 5 rings (SSSR count). The molecular weight excluding hydrogens is 420 g/mol. The van der Waals surface area contributed by atoms with E-state index in [2.05, 4.69) is 36.9 Å². The van der Waals surface area contributed by atoms with Crippen LogP contribution in [0.3, 0.4) is 0 Å². The van der Waals surface area contributed by atoms with Gasteiger partial charge in [0.25, 0.3) is 11.4 Å². The van der Waals surface area contributed by atoms with E-state index < -0.39 is 0 Å². The fraction of sp³-hybridized carbons (Fsp3) is 0.217. The summed E-state index contributed by atoms with van der Waals surface area (Å²) in [5.41, 5.74) is 4.44. The Labute approximate surface area is 188 Å². The van der Waals surface area contributed by atoms with Crippen LogP contribution in [-0.2, 0) is 6.54 Å². The minimum atomic E-state index is -0.310. The number of aromatic nitrogens is 8. The van der Waals surface area contributed by atoms with Gasteiger partial charge in [0, 0.05) is 11.5 Å². The summed E-state index contributed by atoms with van der Waals surface area (Å²) in [5.74, 6) is 1.67. The van der Waals surface area contributed by atoms with Crippen LogP contribution >= 0.6 is 0 Å². The maximum absolute atomic E-state index is 12.8. The average molecular weight is 442 g/mol. The Hall–Kier alpha value is -4.34. The van der Waals surface area contributed by atoms with E-state index in [1.54, 1.807) is 0 Å². The van der Waals surface area contributed by atoms with Gasteiger partial charge in [0.05, 0.1) is 13.7 Å². The number of nitrogens with one attached hydrogen (secondary N) is 2. The van der Waals surface area contributed by atoms with Crippen molar-refractivity contribution >= 4 is 11.0 Å². The lowest BCUT2D eigenvalue weighted by atomic mass is 9.95. The zero-order chi connectivity index (χ0) is 22.9. The third-order valence-electron chi connectivity index (χ3n) is 5.53. The summed E-state index contributed by atoms with van der Waals surface area (Å²) in [5, 5.41) is 21.1. The van der Waals surface area contributed by atoms with Gasteiger partial charge in [0.15, 0.2) is 5.52 Å². The summed E-state index contributed by atoms with van der Waals surface area (Å²) < 4.78 is 7.29. The lowest BCUT2D eigenvalue weighted by Crippen LogP contribution is -2.16. The van der Waals surface area contributed by atoms with Crippen molar-refractivity contribution < 1.29 is 4.74 Å². The molecule has 10 heteroatoms. The minimum Gasteiger partial charge on any atom is -0.478 e. The van der Waals surface area contributed by atoms with Gasteiger partial charge >= 0.3 is 0 Å². The number of hydrogen-bond acceptors (Lipinski definition) is 7. The van der Waals surface area contributed by atoms with Crippen molar-refractivity contribution in [3.05, 3.63) is 70.3 Å². The Morgan fingerprint density at radius 1 is 1.00 bits per heavy atom. The molecular formula is C23H22N8O2. The molecule has 0 saturated carbocycles. The number of rotatable bonds is 6. The van der Waals surface area contributed by atoms with Crippen LogP contribution < -0.4 is 10.3 Å². The van der Waals surface area contributed by atoms with Gasteiger partial charge in [-0.2, -0.15) is 5.21 Å². The fourth-order valence-electron chi connectivity index (χ4n) is 4.08. The maximum Gasteiger partial charge on any atom is 0.290 e. The highest BCUT2D eigenvalue weighted by Crippen LogP contribution is 2.33. The summed E-state index contributed by atoms with van der Waals surface area (Å²) in [6, 6.07) is 16.0. The van der Waals surface area contributed by atoms with Crippen LogP contribution in [0.25, 0.3) is 33.5 Å². The summed E-state index contributed by atoms with van der Waals surface area (Å²) in [6.45, 7) is 4.53. The van der Waals surface area contributed by atoms with Crippen LogP contribution in [0.4, 0.5) is 0 Å². The summed E-state index contributed by atoms with van der Waals surface area (Å²) in [7, 11) is 1.51. The second-order valence-corrected chi connectivity index (χ2v) is 7.91. The van der Waals surface area contributed by atoms with Crippen LogP contribution in [-0.4, -0.2) is 47.5 Å². The van der Waals surface area contributed by atoms with Crippen LogP contribution in [0.15, 0.2) is 53.3 Å². The molecule has 0 aliphatic rings. The summed E-state index contributed by atoms with van der Waals surface area (Å²) >= 11 is 0. The molecule has 0 amide bonds. The van der Waals surface area contributed by atoms with Crippen molar-refractivity contribution in [3.63, 3.8) is 0 Å². The first-order valence-corrected chi connectivity index (χ1v) is 10.5. The molecule has 0 unspecified atom stereocenters. The molecule has 2 aromatic carbocycles. The topological polar surface area (TPSA) is 127 Å². The smallest absolute Gasteiger partial charge is 0.290 e. The number of H-pyrrole nitrogens is 2. The number of fused-ring (bicyclic) bond motifs is 1. The van der Waals surface area contributed by atoms with Gasteiger partial charge in [-0.1, -0.05) is 62.4 Å². The predicted molar refractivity (Wildman–Crippen MR) is 123 cm³/mol. The molecule has 166 valence electrons. The minimum absolute atomic E-state index is 0.0836. The first-order valence-electron chi connectivity index (χ1n) is 10.5. The van der Waals surface area contributed by atoms with E-state index in [-0.39, 0.29) is 11.5 Å². The summed E-state index contributed by atoms with van der Waals surface area (Å²) in [6.07, 6.45) is 0. The number of hydrogen-bond donors (Lipinski definition) is 2. The van der Waals surface area contributed by atoms with Gasteiger partial charge in [-0.3, -0.25) is 4.79 Å². The highest BCUT2D eigenvalue weighted by Gasteiger charge is 2.22. The van der Waals surface area contributed by atoms with E-state index in [1.807, 2.05) is 60.9 Å². The second-order valence-electron chi connectivity index (χ2n) is 7.91. The molecule has 0 atom stereocenters. The van der Waals surface area contributed by atoms with Gasteiger partial charge in [-0.25, -0.2) is 10.1 Å². The lowest BCUT2D eigenvalue weighted by Gasteiger charge is -2.16. The molecule has 2 N–H and O–H groups in total. The summed E-state index contributed by atoms with van der Waals surface area (Å²) in [4.78, 5) is 17.5. The molecule has 0 radical (unpaired) electrons. The van der Waals surface area contributed by atoms with Gasteiger partial charge < -0.3 is 9.30 Å². The van der Waals surface area contributed by atoms with Crippen molar-refractivity contribution in [2.45, 2.75) is 26.3 Å². The Bertz CT molecular complexity index is 1480. The molecule has 0 aliphatic carbocycles. The molecule has 3 heterocycles. The van der Waals surface area contributed by atoms with E-state index >= 15 is 0 Å². The molecule has 33 heavy (non-hydrogen) atoms. The van der Waals surface area contributed by atoms with E-state index in [4.69, 9.17) is 9.72 Å². The quantitative estimate of drug-likeness (QED) is 0.413. The van der Waals surface area contributed by atoms with Gasteiger partial charge in [0.1, 0.15) is 11.3 Å². The van der Waals surface area contributed by atoms with Crippen molar-refractivity contribution in [1.82, 2.24) is 40.4 Å². The van der Waals surface area contributed by atoms with Crippen molar-refractivity contribution in [1.29, 1.82) is 0 Å². The van der Waals surface area contributed by atoms with Crippen molar-refractivity contribution in [2.75, 3.05) is 7.11 Å². The predicted octanol–water partition coefficient (Wildman–Crippen LogP) is 3.15. The molecule has 5 aromatic rings. The van der Waals surface area contributed by atoms with Crippen LogP contribution in [0.5, 0.6) is 5.88 Å². The first-order chi connectivity index (χ1) is 16.1. The third kappa shape index (κ3) is 3.55. The molecule has 0 spiro atoms. The number of methoxy groups -OCH3 is 1. The highest BCUT2D eigenvalue weighted by atomic mass is 16.5. The van der Waals surface area contributed by atoms with Crippen molar-refractivity contribution in [2.24, 2.45) is 0 Å². The zero-order valence-electron chi connectivity index (χ0n) is 18.4. The van der Waals surface area contributed by atoms with Crippen molar-refractivity contribution in [3.8, 4) is 28.4 Å². The van der Waals surface area contributed by atoms with Gasteiger partial charge in [0.2, 0.25) is 5.82 Å². The number of nitrogens with zero attached hydrogens (tertiary/aromatic N) is 6. The Kier molecular flexibility index (Phi) is 5.17. The van der Waals surface area contributed by atoms with E-state index in [9.17, 15) is 4.79 Å². The van der Waals surface area contributed by atoms with Crippen LogP contribution in [0.2, 0.25) is 0 Å². The number of aromatic amines is 2. The Morgan fingerprint density at radius 2 is 1.73 bits per heavy atom. The molecule has 0 aliphatic heterocycles. The standard InChI is InChI=1S/C23H22N8O2/c1-13(2)21-24-18-19(22(32)27-28-23(18)33-3)31(21)12-14-8-4-5-9-15(14)16-10-6-7-11-17(16)20-25-29-30-26-20/h4-11,13H,12H2,1-3H3,(H,27,32)(H,25,26,29,30). The number of benzene rings is 2. The third-order valence-corrected chi connectivity index (χ3v) is 5.53.